The van der Waals surface area contributed by atoms with E-state index < -0.39 is 0 Å². The highest BCUT2D eigenvalue weighted by Crippen LogP contribution is 2.29. The number of nitrogens with one attached hydrogen (secondary N) is 2. The van der Waals surface area contributed by atoms with Gasteiger partial charge in [-0.25, -0.2) is 14.5 Å². The maximum absolute atomic E-state index is 12.6. The third-order valence-electron chi connectivity index (χ3n) is 4.39. The normalized spacial score (nSPS) is 15.7. The van der Waals surface area contributed by atoms with Crippen molar-refractivity contribution in [1.82, 2.24) is 20.1 Å². The van der Waals surface area contributed by atoms with Crippen molar-refractivity contribution in [1.29, 1.82) is 0 Å². The number of hydrogen-bond acceptors (Lipinski definition) is 4. The van der Waals surface area contributed by atoms with Crippen molar-refractivity contribution in [3.05, 3.63) is 66.2 Å². The average molecular weight is 363 g/mol. The Bertz CT molecular complexity index is 939. The molecule has 0 bridgehead atoms. The summed E-state index contributed by atoms with van der Waals surface area (Å²) < 4.78 is 7.76. The summed E-state index contributed by atoms with van der Waals surface area (Å²) in [6.45, 7) is 2.70. The molecule has 7 nitrogen and oxygen atoms in total. The highest BCUT2D eigenvalue weighted by Gasteiger charge is 2.25. The van der Waals surface area contributed by atoms with E-state index in [-0.39, 0.29) is 12.1 Å². The molecule has 2 aromatic carbocycles. The van der Waals surface area contributed by atoms with E-state index in [1.165, 1.54) is 0 Å². The number of benzene rings is 2. The van der Waals surface area contributed by atoms with Crippen LogP contribution in [0.3, 0.4) is 0 Å². The van der Waals surface area contributed by atoms with E-state index in [2.05, 4.69) is 20.7 Å². The van der Waals surface area contributed by atoms with E-state index in [4.69, 9.17) is 4.74 Å². The predicted molar refractivity (Wildman–Crippen MR) is 102 cm³/mol. The number of anilines is 1. The number of nitrogens with zero attached hydrogens (tertiary/aromatic N) is 3. The van der Waals surface area contributed by atoms with Gasteiger partial charge in [0.15, 0.2) is 5.75 Å². The van der Waals surface area contributed by atoms with Crippen LogP contribution in [0.1, 0.15) is 30.5 Å². The second kappa shape index (κ2) is 7.49. The molecule has 1 unspecified atom stereocenters. The average Bonchev–Trinajstić information content (AvgIpc) is 3.05. The summed E-state index contributed by atoms with van der Waals surface area (Å²) in [5.41, 5.74) is 0.604. The summed E-state index contributed by atoms with van der Waals surface area (Å²) in [6.07, 6.45) is 1.79. The minimum atomic E-state index is -0.293. The zero-order valence-corrected chi connectivity index (χ0v) is 15.1. The first kappa shape index (κ1) is 17.1. The number of aryl methyl sites for hydroxylation is 2. The molecular formula is C20H21N5O2. The molecule has 2 heterocycles. The molecule has 2 N–H and O–H groups in total. The third kappa shape index (κ3) is 3.92. The Kier molecular flexibility index (Phi) is 4.74. The number of aromatic nitrogens is 3. The Hall–Kier alpha value is -3.35. The molecule has 2 amide bonds. The van der Waals surface area contributed by atoms with E-state index in [0.717, 1.165) is 31.0 Å². The monoisotopic (exact) mass is 363 g/mol. The van der Waals surface area contributed by atoms with Gasteiger partial charge in [0, 0.05) is 6.54 Å². The van der Waals surface area contributed by atoms with Crippen LogP contribution >= 0.6 is 0 Å². The number of para-hydroxylation sites is 3. The van der Waals surface area contributed by atoms with Crippen LogP contribution < -0.4 is 15.4 Å². The molecule has 0 radical (unpaired) electrons. The van der Waals surface area contributed by atoms with Crippen LogP contribution in [-0.2, 0) is 6.54 Å². The lowest BCUT2D eigenvalue weighted by atomic mass is 10.1. The molecule has 0 aliphatic carbocycles. The minimum absolute atomic E-state index is 0.151. The minimum Gasteiger partial charge on any atom is -0.455 e. The first-order valence-corrected chi connectivity index (χ1v) is 9.00. The Labute approximate surface area is 157 Å². The standard InChI is InChI=1S/C20H21N5O2/c1-14-21-19-17(11-7-13-25(19)24-14)23-20(26)22-16-10-5-6-12-18(16)27-15-8-3-2-4-9-15/h2-6,8-10,12,17H,7,11,13H2,1H3,(H2,22,23,26). The van der Waals surface area contributed by atoms with E-state index in [1.54, 1.807) is 0 Å². The van der Waals surface area contributed by atoms with Gasteiger partial charge in [-0.3, -0.25) is 0 Å². The van der Waals surface area contributed by atoms with E-state index in [1.807, 2.05) is 66.2 Å². The fourth-order valence-corrected chi connectivity index (χ4v) is 3.20. The predicted octanol–water partition coefficient (Wildman–Crippen LogP) is 4.04. The number of carbonyl (C=O) groups is 1. The molecule has 1 atom stereocenters. The molecule has 1 aliphatic heterocycles. The smallest absolute Gasteiger partial charge is 0.319 e. The van der Waals surface area contributed by atoms with Gasteiger partial charge in [-0.05, 0) is 44.0 Å². The molecule has 1 aromatic heterocycles. The Balaban J connectivity index is 1.46. The zero-order chi connectivity index (χ0) is 18.6. The zero-order valence-electron chi connectivity index (χ0n) is 15.1. The van der Waals surface area contributed by atoms with Crippen molar-refractivity contribution in [3.8, 4) is 11.5 Å². The van der Waals surface area contributed by atoms with Gasteiger partial charge in [-0.2, -0.15) is 5.10 Å². The van der Waals surface area contributed by atoms with Crippen LogP contribution in [-0.4, -0.2) is 20.8 Å². The highest BCUT2D eigenvalue weighted by atomic mass is 16.5. The number of urea groups is 1. The van der Waals surface area contributed by atoms with E-state index in [0.29, 0.717) is 17.2 Å². The van der Waals surface area contributed by atoms with Crippen molar-refractivity contribution in [2.45, 2.75) is 32.4 Å². The van der Waals surface area contributed by atoms with Gasteiger partial charge in [0.05, 0.1) is 11.7 Å². The lowest BCUT2D eigenvalue weighted by Gasteiger charge is -2.23. The molecule has 0 saturated heterocycles. The summed E-state index contributed by atoms with van der Waals surface area (Å²) >= 11 is 0. The van der Waals surface area contributed by atoms with E-state index in [9.17, 15) is 4.79 Å². The Morgan fingerprint density at radius 1 is 1.15 bits per heavy atom. The summed E-state index contributed by atoms with van der Waals surface area (Å²) in [5.74, 6) is 2.83. The van der Waals surface area contributed by atoms with Gasteiger partial charge >= 0.3 is 6.03 Å². The van der Waals surface area contributed by atoms with Crippen molar-refractivity contribution < 1.29 is 9.53 Å². The topological polar surface area (TPSA) is 81.1 Å². The molecule has 138 valence electrons. The quantitative estimate of drug-likeness (QED) is 0.733. The van der Waals surface area contributed by atoms with Crippen LogP contribution in [0.4, 0.5) is 10.5 Å². The lowest BCUT2D eigenvalue weighted by molar-refractivity contribution is 0.244. The summed E-state index contributed by atoms with van der Waals surface area (Å²) in [6, 6.07) is 16.4. The lowest BCUT2D eigenvalue weighted by Crippen LogP contribution is -2.36. The first-order valence-electron chi connectivity index (χ1n) is 9.00. The van der Waals surface area contributed by atoms with Gasteiger partial charge in [0.25, 0.3) is 0 Å². The van der Waals surface area contributed by atoms with Crippen LogP contribution in [0, 0.1) is 6.92 Å². The van der Waals surface area contributed by atoms with E-state index >= 15 is 0 Å². The molecule has 0 fully saturated rings. The van der Waals surface area contributed by atoms with Crippen LogP contribution in [0.25, 0.3) is 0 Å². The summed E-state index contributed by atoms with van der Waals surface area (Å²) in [5, 5.41) is 10.2. The van der Waals surface area contributed by atoms with Crippen molar-refractivity contribution in [2.24, 2.45) is 0 Å². The van der Waals surface area contributed by atoms with Crippen molar-refractivity contribution in [3.63, 3.8) is 0 Å². The number of amides is 2. The fraction of sp³-hybridized carbons (Fsp3) is 0.250. The van der Waals surface area contributed by atoms with Crippen molar-refractivity contribution in [2.75, 3.05) is 5.32 Å². The molecule has 4 rings (SSSR count). The highest BCUT2D eigenvalue weighted by molar-refractivity contribution is 5.91. The van der Waals surface area contributed by atoms with Gasteiger partial charge in [-0.1, -0.05) is 30.3 Å². The number of ether oxygens (including phenoxy) is 1. The SMILES string of the molecule is Cc1nc2n(n1)CCCC2NC(=O)Nc1ccccc1Oc1ccccc1. The second-order valence-electron chi connectivity index (χ2n) is 6.44. The van der Waals surface area contributed by atoms with Gasteiger partial charge < -0.3 is 15.4 Å². The molecule has 0 saturated carbocycles. The van der Waals surface area contributed by atoms with Crippen LogP contribution in [0.5, 0.6) is 11.5 Å². The first-order chi connectivity index (χ1) is 13.2. The molecule has 1 aliphatic rings. The van der Waals surface area contributed by atoms with Crippen LogP contribution in [0.2, 0.25) is 0 Å². The summed E-state index contributed by atoms with van der Waals surface area (Å²) in [4.78, 5) is 17.0. The Morgan fingerprint density at radius 3 is 2.78 bits per heavy atom. The number of rotatable bonds is 4. The fourth-order valence-electron chi connectivity index (χ4n) is 3.20. The molecule has 3 aromatic rings. The Morgan fingerprint density at radius 2 is 1.93 bits per heavy atom. The summed E-state index contributed by atoms with van der Waals surface area (Å²) in [7, 11) is 0. The third-order valence-corrected chi connectivity index (χ3v) is 4.39. The van der Waals surface area contributed by atoms with Gasteiger partial charge in [-0.15, -0.1) is 0 Å². The van der Waals surface area contributed by atoms with Gasteiger partial charge in [0.1, 0.15) is 17.4 Å². The maximum atomic E-state index is 12.6. The molecular weight excluding hydrogens is 342 g/mol. The number of fused-ring (bicyclic) bond motifs is 1. The molecule has 27 heavy (non-hydrogen) atoms. The largest absolute Gasteiger partial charge is 0.455 e. The number of hydrogen-bond donors (Lipinski definition) is 2. The number of carbonyl (C=O) groups excluding carboxylic acids is 1. The maximum Gasteiger partial charge on any atom is 0.319 e. The van der Waals surface area contributed by atoms with Crippen molar-refractivity contribution >= 4 is 11.7 Å². The molecule has 7 heteroatoms. The molecule has 0 spiro atoms. The van der Waals surface area contributed by atoms with Gasteiger partial charge in [0.2, 0.25) is 0 Å². The van der Waals surface area contributed by atoms with Crippen LogP contribution in [0.15, 0.2) is 54.6 Å². The second-order valence-corrected chi connectivity index (χ2v) is 6.44.